The Bertz CT molecular complexity index is 4720. The van der Waals surface area contributed by atoms with Crippen molar-refractivity contribution in [3.05, 3.63) is 223 Å². The normalized spacial score (nSPS) is 13.5. The van der Waals surface area contributed by atoms with Crippen LogP contribution in [-0.2, 0) is 6.18 Å². The SMILES string of the molecule is CC(C)c1cccc(C(C)C)c1N1C(=O)c2cc(Oc3ccc(Cl)cc3)c3c4c(Oc5ccc(Cl)cc5)cc5c6c(cc(Oc7cccc(C(F)(F)F)c7)c(c7c(Oc8ccc(Cl)cc8)cc(c2c37)C1=O)c64)C(=O)N(c1c(C(C)C)cccc1C(C)C)C5=O. The summed E-state index contributed by atoms with van der Waals surface area (Å²) < 4.78 is 72.5. The number of nitrogens with zero attached hydrogens (tertiary/aromatic N) is 2. The van der Waals surface area contributed by atoms with Crippen molar-refractivity contribution in [3.63, 3.8) is 0 Å². The third kappa shape index (κ3) is 9.91. The molecule has 89 heavy (non-hydrogen) atoms. The van der Waals surface area contributed by atoms with Crippen molar-refractivity contribution in [2.45, 2.75) is 85.2 Å². The molecule has 0 spiro atoms. The van der Waals surface area contributed by atoms with E-state index >= 15 is 19.2 Å². The van der Waals surface area contributed by atoms with Crippen molar-refractivity contribution in [3.8, 4) is 46.0 Å². The third-order valence-corrected chi connectivity index (χ3v) is 17.3. The zero-order valence-corrected chi connectivity index (χ0v) is 51.5. The maximum Gasteiger partial charge on any atom is 0.416 e. The highest BCUT2D eigenvalue weighted by molar-refractivity contribution is 6.48. The van der Waals surface area contributed by atoms with Crippen LogP contribution in [0.25, 0.3) is 43.1 Å². The van der Waals surface area contributed by atoms with Crippen LogP contribution in [0.15, 0.2) is 158 Å². The number of anilines is 2. The molecule has 0 saturated carbocycles. The van der Waals surface area contributed by atoms with Gasteiger partial charge in [0, 0.05) is 58.2 Å². The maximum atomic E-state index is 16.2. The van der Waals surface area contributed by atoms with Crippen molar-refractivity contribution in [1.29, 1.82) is 0 Å². The molecule has 0 unspecified atom stereocenters. The van der Waals surface area contributed by atoms with E-state index in [1.54, 1.807) is 91.0 Å². The van der Waals surface area contributed by atoms with Crippen LogP contribution in [-0.4, -0.2) is 23.6 Å². The fourth-order valence-corrected chi connectivity index (χ4v) is 12.9. The maximum absolute atomic E-state index is 16.2. The highest BCUT2D eigenvalue weighted by atomic mass is 35.5. The smallest absolute Gasteiger partial charge is 0.416 e. The molecule has 13 rings (SSSR count). The van der Waals surface area contributed by atoms with Crippen LogP contribution in [0.3, 0.4) is 0 Å². The van der Waals surface area contributed by atoms with Crippen LogP contribution in [0, 0.1) is 0 Å². The highest BCUT2D eigenvalue weighted by Gasteiger charge is 2.44. The number of ether oxygens (including phenoxy) is 4. The molecule has 446 valence electrons. The first-order chi connectivity index (χ1) is 42.5. The molecule has 16 heteroatoms. The number of hydrogen-bond donors (Lipinski definition) is 0. The number of carbonyl (C=O) groups excluding carboxylic acids is 4. The van der Waals surface area contributed by atoms with Gasteiger partial charge in [-0.3, -0.25) is 19.2 Å². The summed E-state index contributed by atoms with van der Waals surface area (Å²) >= 11 is 19.5. The van der Waals surface area contributed by atoms with Gasteiger partial charge < -0.3 is 18.9 Å². The highest BCUT2D eigenvalue weighted by Crippen LogP contribution is 2.59. The fraction of sp³-hybridized carbons (Fsp3) is 0.178. The average Bonchev–Trinajstić information content (AvgIpc) is 0.673. The number of imide groups is 2. The number of hydrogen-bond acceptors (Lipinski definition) is 8. The first kappa shape index (κ1) is 58.9. The Labute approximate surface area is 525 Å². The van der Waals surface area contributed by atoms with E-state index in [0.717, 1.165) is 23.3 Å². The van der Waals surface area contributed by atoms with E-state index in [9.17, 15) is 13.2 Å². The van der Waals surface area contributed by atoms with E-state index < -0.39 is 35.4 Å². The van der Waals surface area contributed by atoms with Gasteiger partial charge in [-0.2, -0.15) is 13.2 Å². The predicted octanol–water partition coefficient (Wildman–Crippen LogP) is 22.0. The summed E-state index contributed by atoms with van der Waals surface area (Å²) in [5.74, 6) is -3.11. The second-order valence-corrected chi connectivity index (χ2v) is 24.9. The third-order valence-electron chi connectivity index (χ3n) is 16.5. The van der Waals surface area contributed by atoms with Crippen molar-refractivity contribution in [1.82, 2.24) is 0 Å². The molecule has 10 nitrogen and oxygen atoms in total. The summed E-state index contributed by atoms with van der Waals surface area (Å²) in [6.07, 6.45) is -4.81. The molecule has 2 heterocycles. The number of alkyl halides is 3. The molecule has 0 atom stereocenters. The standard InChI is InChI=1S/C73H54Cl3F3N2O8/c1-35(2)47-14-10-15-48(36(3)4)67(47)80-69(82)51-31-55(86-43-24-18-40(74)19-25-43)61-62-56(87-44-26-20-41(75)21-27-44)32-53-60-54(72(85)81(71(53)84)68-49(37(5)6)16-11-17-50(68)38(7)8)34-58(89-46-13-9-12-39(30-46)73(77,78)79)64(66(60)62)63-57(88-45-28-22-42(76)23-29-45)33-52(70(80)83)59(51)65(61)63/h9-38H,1-8H3. The molecule has 4 amide bonds. The van der Waals surface area contributed by atoms with Gasteiger partial charge in [-0.15, -0.1) is 0 Å². The van der Waals surface area contributed by atoms with E-state index in [4.69, 9.17) is 53.8 Å². The van der Waals surface area contributed by atoms with Crippen LogP contribution in [0.1, 0.15) is 148 Å². The Morgan fingerprint density at radius 1 is 0.337 bits per heavy atom. The molecule has 11 aromatic rings. The van der Waals surface area contributed by atoms with E-state index in [-0.39, 0.29) is 135 Å². The number of amides is 4. The fourth-order valence-electron chi connectivity index (χ4n) is 12.5. The summed E-state index contributed by atoms with van der Waals surface area (Å²) in [7, 11) is 0. The van der Waals surface area contributed by atoms with E-state index in [1.165, 1.54) is 28.0 Å². The molecule has 0 aromatic heterocycles. The molecule has 0 N–H and O–H groups in total. The van der Waals surface area contributed by atoms with Crippen LogP contribution in [0.4, 0.5) is 24.5 Å². The Balaban J connectivity index is 1.27. The summed E-state index contributed by atoms with van der Waals surface area (Å²) in [6, 6.07) is 41.4. The number of carbonyl (C=O) groups is 4. The summed E-state index contributed by atoms with van der Waals surface area (Å²) in [5, 5.41) is 2.49. The lowest BCUT2D eigenvalue weighted by Gasteiger charge is -2.35. The van der Waals surface area contributed by atoms with Gasteiger partial charge in [0.25, 0.3) is 23.6 Å². The first-order valence-corrected chi connectivity index (χ1v) is 30.2. The average molecular weight is 1250 g/mol. The summed E-state index contributed by atoms with van der Waals surface area (Å²) in [5.41, 5.74) is 2.73. The number of rotatable bonds is 14. The van der Waals surface area contributed by atoms with Gasteiger partial charge >= 0.3 is 6.18 Å². The zero-order valence-electron chi connectivity index (χ0n) is 49.2. The quantitative estimate of drug-likeness (QED) is 0.0601. The lowest BCUT2D eigenvalue weighted by Crippen LogP contribution is -2.42. The Morgan fingerprint density at radius 3 is 0.876 bits per heavy atom. The lowest BCUT2D eigenvalue weighted by molar-refractivity contribution is -0.137. The van der Waals surface area contributed by atoms with Crippen molar-refractivity contribution < 1.29 is 51.3 Å². The number of halogens is 6. The van der Waals surface area contributed by atoms with Gasteiger partial charge in [0.15, 0.2) is 0 Å². The van der Waals surface area contributed by atoms with E-state index in [1.807, 2.05) is 91.8 Å². The van der Waals surface area contributed by atoms with Crippen LogP contribution in [0.2, 0.25) is 15.1 Å². The van der Waals surface area contributed by atoms with Gasteiger partial charge in [-0.05, 0) is 161 Å². The minimum Gasteiger partial charge on any atom is -0.457 e. The lowest BCUT2D eigenvalue weighted by atomic mass is 9.80. The second-order valence-electron chi connectivity index (χ2n) is 23.6. The monoisotopic (exact) mass is 1250 g/mol. The van der Waals surface area contributed by atoms with Crippen LogP contribution >= 0.6 is 34.8 Å². The van der Waals surface area contributed by atoms with E-state index in [0.29, 0.717) is 37.6 Å². The first-order valence-electron chi connectivity index (χ1n) is 29.0. The molecule has 0 fully saturated rings. The Morgan fingerprint density at radius 2 is 0.607 bits per heavy atom. The second kappa shape index (κ2) is 22.2. The van der Waals surface area contributed by atoms with Crippen molar-refractivity contribution >= 4 is 113 Å². The molecule has 0 bridgehead atoms. The molecule has 2 aliphatic heterocycles. The van der Waals surface area contributed by atoms with Crippen LogP contribution in [0.5, 0.6) is 46.0 Å². The van der Waals surface area contributed by atoms with Gasteiger partial charge in [0.05, 0.1) is 39.2 Å². The van der Waals surface area contributed by atoms with Crippen LogP contribution < -0.4 is 28.7 Å². The van der Waals surface area contributed by atoms with Crippen molar-refractivity contribution in [2.24, 2.45) is 0 Å². The molecular weight excluding hydrogens is 1200 g/mol. The molecule has 2 aliphatic rings. The molecule has 0 saturated heterocycles. The van der Waals surface area contributed by atoms with E-state index in [2.05, 4.69) is 0 Å². The Kier molecular flexibility index (Phi) is 14.7. The largest absolute Gasteiger partial charge is 0.457 e. The minimum atomic E-state index is -4.81. The minimum absolute atomic E-state index is 0.00233. The van der Waals surface area contributed by atoms with Gasteiger partial charge in [-0.25, -0.2) is 9.80 Å². The van der Waals surface area contributed by atoms with Gasteiger partial charge in [0.1, 0.15) is 46.0 Å². The number of fused-ring (bicyclic) bond motifs is 2. The zero-order chi connectivity index (χ0) is 62.8. The molecule has 11 aromatic carbocycles. The number of benzene rings is 11. The number of para-hydroxylation sites is 2. The summed E-state index contributed by atoms with van der Waals surface area (Å²) in [4.78, 5) is 67.1. The molecule has 0 aliphatic carbocycles. The van der Waals surface area contributed by atoms with Crippen molar-refractivity contribution in [2.75, 3.05) is 9.80 Å². The molecular formula is C73H54Cl3F3N2O8. The molecule has 0 radical (unpaired) electrons. The van der Waals surface area contributed by atoms with Gasteiger partial charge in [-0.1, -0.05) is 133 Å². The Hall–Kier alpha value is -9.14. The van der Waals surface area contributed by atoms with Gasteiger partial charge in [0.2, 0.25) is 0 Å². The summed E-state index contributed by atoms with van der Waals surface area (Å²) in [6.45, 7) is 15.8. The topological polar surface area (TPSA) is 112 Å². The predicted molar refractivity (Wildman–Crippen MR) is 345 cm³/mol.